The maximum absolute atomic E-state index is 11.8. The molecule has 6 heteroatoms. The fourth-order valence-corrected chi connectivity index (χ4v) is 1.54. The highest BCUT2D eigenvalue weighted by molar-refractivity contribution is 5.98. The first-order valence-corrected chi connectivity index (χ1v) is 6.02. The molecule has 0 spiro atoms. The average molecular weight is 265 g/mol. The normalized spacial score (nSPS) is 11.7. The van der Waals surface area contributed by atoms with E-state index in [1.807, 2.05) is 26.0 Å². The van der Waals surface area contributed by atoms with Crippen molar-refractivity contribution in [1.82, 2.24) is 0 Å². The third kappa shape index (κ3) is 4.59. The molecule has 0 aromatic heterocycles. The summed E-state index contributed by atoms with van der Waals surface area (Å²) in [6, 6.07) is 4.43. The van der Waals surface area contributed by atoms with Gasteiger partial charge in [0.25, 0.3) is 0 Å². The summed E-state index contributed by atoms with van der Waals surface area (Å²) in [5, 5.41) is 2.63. The first kappa shape index (κ1) is 15.0. The van der Waals surface area contributed by atoms with Crippen LogP contribution in [0.1, 0.15) is 18.9 Å². The molecule has 0 aliphatic heterocycles. The van der Waals surface area contributed by atoms with Crippen LogP contribution in [0.5, 0.6) is 5.75 Å². The number of primary amides is 1. The van der Waals surface area contributed by atoms with Gasteiger partial charge in [-0.15, -0.1) is 0 Å². The molecule has 1 rings (SSSR count). The van der Waals surface area contributed by atoms with Crippen molar-refractivity contribution in [2.75, 3.05) is 11.9 Å². The standard InChI is InChI=1S/C13H19N3O3/c1-3-19-11-6-8(2)4-5-10(11)16-13(18)9(14)7-12(15)17/h4-6,9H,3,7,14H2,1-2H3,(H2,15,17)(H,16,18). The van der Waals surface area contributed by atoms with E-state index in [1.165, 1.54) is 0 Å². The van der Waals surface area contributed by atoms with E-state index in [-0.39, 0.29) is 6.42 Å². The predicted molar refractivity (Wildman–Crippen MR) is 72.8 cm³/mol. The molecule has 6 nitrogen and oxygen atoms in total. The fourth-order valence-electron chi connectivity index (χ4n) is 1.54. The van der Waals surface area contributed by atoms with E-state index in [0.717, 1.165) is 5.56 Å². The smallest absolute Gasteiger partial charge is 0.241 e. The Labute approximate surface area is 112 Å². The van der Waals surface area contributed by atoms with Gasteiger partial charge in [0.1, 0.15) is 5.75 Å². The minimum Gasteiger partial charge on any atom is -0.492 e. The summed E-state index contributed by atoms with van der Waals surface area (Å²) in [7, 11) is 0. The lowest BCUT2D eigenvalue weighted by atomic mass is 10.1. The third-order valence-corrected chi connectivity index (χ3v) is 2.45. The van der Waals surface area contributed by atoms with Crippen LogP contribution in [0.15, 0.2) is 18.2 Å². The van der Waals surface area contributed by atoms with E-state index < -0.39 is 17.9 Å². The third-order valence-electron chi connectivity index (χ3n) is 2.45. The molecule has 0 radical (unpaired) electrons. The van der Waals surface area contributed by atoms with Crippen LogP contribution in [-0.2, 0) is 9.59 Å². The summed E-state index contributed by atoms with van der Waals surface area (Å²) in [6.45, 7) is 4.26. The molecule has 1 aromatic rings. The van der Waals surface area contributed by atoms with Gasteiger partial charge in [0.15, 0.2) is 0 Å². The van der Waals surface area contributed by atoms with E-state index in [2.05, 4.69) is 5.32 Å². The number of carbonyl (C=O) groups excluding carboxylic acids is 2. The Morgan fingerprint density at radius 2 is 2.11 bits per heavy atom. The number of nitrogens with two attached hydrogens (primary N) is 2. The largest absolute Gasteiger partial charge is 0.492 e. The van der Waals surface area contributed by atoms with Crippen molar-refractivity contribution >= 4 is 17.5 Å². The number of hydrogen-bond donors (Lipinski definition) is 3. The van der Waals surface area contributed by atoms with Gasteiger partial charge in [-0.2, -0.15) is 0 Å². The van der Waals surface area contributed by atoms with Crippen LogP contribution >= 0.6 is 0 Å². The molecular formula is C13H19N3O3. The van der Waals surface area contributed by atoms with Gasteiger partial charge in [0.05, 0.1) is 24.8 Å². The van der Waals surface area contributed by atoms with Gasteiger partial charge in [-0.05, 0) is 31.5 Å². The van der Waals surface area contributed by atoms with Crippen molar-refractivity contribution in [3.63, 3.8) is 0 Å². The fraction of sp³-hybridized carbons (Fsp3) is 0.385. The maximum Gasteiger partial charge on any atom is 0.241 e. The number of hydrogen-bond acceptors (Lipinski definition) is 4. The molecule has 5 N–H and O–H groups in total. The van der Waals surface area contributed by atoms with Crippen LogP contribution in [0.25, 0.3) is 0 Å². The van der Waals surface area contributed by atoms with Crippen molar-refractivity contribution in [2.45, 2.75) is 26.3 Å². The molecular weight excluding hydrogens is 246 g/mol. The molecule has 0 saturated heterocycles. The first-order chi connectivity index (χ1) is 8.93. The van der Waals surface area contributed by atoms with Crippen molar-refractivity contribution in [3.8, 4) is 5.75 Å². The highest BCUT2D eigenvalue weighted by Crippen LogP contribution is 2.25. The molecule has 1 unspecified atom stereocenters. The zero-order valence-electron chi connectivity index (χ0n) is 11.1. The molecule has 1 aromatic carbocycles. The van der Waals surface area contributed by atoms with Gasteiger partial charge in [0, 0.05) is 0 Å². The second-order valence-electron chi connectivity index (χ2n) is 4.20. The Bertz CT molecular complexity index is 474. The number of nitrogens with one attached hydrogen (secondary N) is 1. The van der Waals surface area contributed by atoms with Crippen LogP contribution < -0.4 is 21.5 Å². The maximum atomic E-state index is 11.8. The second kappa shape index (κ2) is 6.75. The van der Waals surface area contributed by atoms with E-state index >= 15 is 0 Å². The first-order valence-electron chi connectivity index (χ1n) is 6.02. The Morgan fingerprint density at radius 1 is 1.42 bits per heavy atom. The van der Waals surface area contributed by atoms with Crippen LogP contribution in [-0.4, -0.2) is 24.5 Å². The lowest BCUT2D eigenvalue weighted by Crippen LogP contribution is -2.39. The van der Waals surface area contributed by atoms with Crippen molar-refractivity contribution in [1.29, 1.82) is 0 Å². The molecule has 104 valence electrons. The molecule has 0 saturated carbocycles. The van der Waals surface area contributed by atoms with Gasteiger partial charge < -0.3 is 21.5 Å². The van der Waals surface area contributed by atoms with Gasteiger partial charge >= 0.3 is 0 Å². The van der Waals surface area contributed by atoms with Crippen LogP contribution in [0.2, 0.25) is 0 Å². The Hall–Kier alpha value is -2.08. The zero-order chi connectivity index (χ0) is 14.4. The Kier molecular flexibility index (Phi) is 5.32. The van der Waals surface area contributed by atoms with Gasteiger partial charge in [-0.25, -0.2) is 0 Å². The number of carbonyl (C=O) groups is 2. The van der Waals surface area contributed by atoms with Crippen molar-refractivity contribution in [3.05, 3.63) is 23.8 Å². The van der Waals surface area contributed by atoms with Crippen molar-refractivity contribution < 1.29 is 14.3 Å². The Balaban J connectivity index is 2.81. The monoisotopic (exact) mass is 265 g/mol. The Morgan fingerprint density at radius 3 is 2.68 bits per heavy atom. The summed E-state index contributed by atoms with van der Waals surface area (Å²) in [6.07, 6.45) is -0.193. The lowest BCUT2D eigenvalue weighted by molar-refractivity contribution is -0.123. The number of benzene rings is 1. The van der Waals surface area contributed by atoms with Crippen LogP contribution in [0, 0.1) is 6.92 Å². The van der Waals surface area contributed by atoms with Gasteiger partial charge in [-0.1, -0.05) is 6.07 Å². The summed E-state index contributed by atoms with van der Waals surface area (Å²) in [5.74, 6) is -0.512. The number of ether oxygens (including phenoxy) is 1. The molecule has 0 aliphatic rings. The lowest BCUT2D eigenvalue weighted by Gasteiger charge is -2.14. The molecule has 0 bridgehead atoms. The minimum atomic E-state index is -0.965. The summed E-state index contributed by atoms with van der Waals surface area (Å²) in [4.78, 5) is 22.5. The summed E-state index contributed by atoms with van der Waals surface area (Å²) >= 11 is 0. The number of rotatable bonds is 6. The van der Waals surface area contributed by atoms with E-state index in [1.54, 1.807) is 6.07 Å². The quantitative estimate of drug-likeness (QED) is 0.697. The number of aryl methyl sites for hydroxylation is 1. The van der Waals surface area contributed by atoms with E-state index in [4.69, 9.17) is 16.2 Å². The molecule has 0 heterocycles. The predicted octanol–water partition coefficient (Wildman–Crippen LogP) is 0.535. The summed E-state index contributed by atoms with van der Waals surface area (Å²) < 4.78 is 5.43. The van der Waals surface area contributed by atoms with Crippen molar-refractivity contribution in [2.24, 2.45) is 11.5 Å². The molecule has 1 atom stereocenters. The molecule has 0 aliphatic carbocycles. The van der Waals surface area contributed by atoms with E-state index in [9.17, 15) is 9.59 Å². The zero-order valence-corrected chi connectivity index (χ0v) is 11.1. The molecule has 19 heavy (non-hydrogen) atoms. The second-order valence-corrected chi connectivity index (χ2v) is 4.20. The topological polar surface area (TPSA) is 107 Å². The summed E-state index contributed by atoms with van der Waals surface area (Å²) in [5.41, 5.74) is 12.1. The number of amides is 2. The number of anilines is 1. The van der Waals surface area contributed by atoms with Gasteiger partial charge in [-0.3, -0.25) is 9.59 Å². The van der Waals surface area contributed by atoms with Crippen LogP contribution in [0.3, 0.4) is 0 Å². The van der Waals surface area contributed by atoms with E-state index in [0.29, 0.717) is 18.0 Å². The molecule has 0 fully saturated rings. The molecule has 2 amide bonds. The highest BCUT2D eigenvalue weighted by Gasteiger charge is 2.17. The SMILES string of the molecule is CCOc1cc(C)ccc1NC(=O)C(N)CC(N)=O. The highest BCUT2D eigenvalue weighted by atomic mass is 16.5. The van der Waals surface area contributed by atoms with Gasteiger partial charge in [0.2, 0.25) is 11.8 Å². The van der Waals surface area contributed by atoms with Crippen LogP contribution in [0.4, 0.5) is 5.69 Å². The average Bonchev–Trinajstić information content (AvgIpc) is 2.32. The minimum absolute atomic E-state index is 0.193.